The molecule has 2 rings (SSSR count). The van der Waals surface area contributed by atoms with Crippen LogP contribution in [0.25, 0.3) is 0 Å². The van der Waals surface area contributed by atoms with E-state index < -0.39 is 0 Å². The average Bonchev–Trinajstić information content (AvgIpc) is 2.32. The van der Waals surface area contributed by atoms with Gasteiger partial charge in [-0.15, -0.1) is 0 Å². The maximum Gasteiger partial charge on any atom is 0.260 e. The first-order chi connectivity index (χ1) is 8.58. The zero-order valence-corrected chi connectivity index (χ0v) is 10.8. The van der Waals surface area contributed by atoms with Crippen LogP contribution in [-0.2, 0) is 4.79 Å². The van der Waals surface area contributed by atoms with E-state index in [0.717, 1.165) is 11.3 Å². The minimum Gasteiger partial charge on any atom is -0.483 e. The van der Waals surface area contributed by atoms with E-state index in [9.17, 15) is 4.79 Å². The van der Waals surface area contributed by atoms with Gasteiger partial charge in [-0.2, -0.15) is 0 Å². The van der Waals surface area contributed by atoms with Crippen LogP contribution in [0.1, 0.15) is 25.3 Å². The summed E-state index contributed by atoms with van der Waals surface area (Å²) in [6.45, 7) is 5.07. The second-order valence-electron chi connectivity index (χ2n) is 4.93. The summed E-state index contributed by atoms with van der Waals surface area (Å²) in [7, 11) is 0. The number of rotatable bonds is 4. The molecule has 1 aromatic carbocycles. The van der Waals surface area contributed by atoms with Crippen LogP contribution >= 0.6 is 0 Å². The van der Waals surface area contributed by atoms with Crippen LogP contribution in [0.2, 0.25) is 0 Å². The van der Waals surface area contributed by atoms with Crippen LogP contribution in [-0.4, -0.2) is 41.7 Å². The molecule has 1 N–H and O–H groups in total. The molecule has 0 aliphatic carbocycles. The van der Waals surface area contributed by atoms with Crippen molar-refractivity contribution in [3.05, 3.63) is 29.8 Å². The molecular formula is C14H19NO3. The molecular weight excluding hydrogens is 230 g/mol. The molecule has 0 saturated carbocycles. The number of amides is 1. The molecule has 0 aromatic heterocycles. The van der Waals surface area contributed by atoms with Crippen molar-refractivity contribution in [3.8, 4) is 5.75 Å². The maximum atomic E-state index is 11.7. The van der Waals surface area contributed by atoms with Gasteiger partial charge in [-0.05, 0) is 17.5 Å². The lowest BCUT2D eigenvalue weighted by Crippen LogP contribution is -2.54. The number of aliphatic hydroxyl groups excluding tert-OH is 1. The predicted octanol–water partition coefficient (Wildman–Crippen LogP) is 1.39. The summed E-state index contributed by atoms with van der Waals surface area (Å²) < 4.78 is 5.58. The minimum absolute atomic E-state index is 0.0381. The van der Waals surface area contributed by atoms with Crippen molar-refractivity contribution in [1.82, 2.24) is 4.90 Å². The quantitative estimate of drug-likeness (QED) is 0.877. The van der Waals surface area contributed by atoms with Gasteiger partial charge in [0.1, 0.15) is 5.75 Å². The zero-order chi connectivity index (χ0) is 13.1. The molecule has 0 unspecified atom stereocenters. The van der Waals surface area contributed by atoms with Gasteiger partial charge >= 0.3 is 0 Å². The molecule has 1 heterocycles. The van der Waals surface area contributed by atoms with Gasteiger partial charge in [0.2, 0.25) is 0 Å². The molecule has 4 nitrogen and oxygen atoms in total. The number of ether oxygens (including phenoxy) is 1. The lowest BCUT2D eigenvalue weighted by molar-refractivity contribution is -0.143. The van der Waals surface area contributed by atoms with E-state index in [0.29, 0.717) is 19.0 Å². The summed E-state index contributed by atoms with van der Waals surface area (Å²) in [6.07, 6.45) is -0.364. The first kappa shape index (κ1) is 12.9. The van der Waals surface area contributed by atoms with Gasteiger partial charge in [0.15, 0.2) is 6.61 Å². The Bertz CT molecular complexity index is 425. The number of carbonyl (C=O) groups is 1. The number of nitrogens with zero attached hydrogens (tertiary/aromatic N) is 1. The molecule has 4 heteroatoms. The lowest BCUT2D eigenvalue weighted by atomic mass is 10.0. The Labute approximate surface area is 107 Å². The molecule has 1 fully saturated rings. The van der Waals surface area contributed by atoms with Gasteiger partial charge in [0.05, 0.1) is 6.10 Å². The summed E-state index contributed by atoms with van der Waals surface area (Å²) in [4.78, 5) is 13.3. The van der Waals surface area contributed by atoms with Gasteiger partial charge in [0, 0.05) is 13.1 Å². The molecule has 0 radical (unpaired) electrons. The fourth-order valence-electron chi connectivity index (χ4n) is 1.98. The van der Waals surface area contributed by atoms with Crippen molar-refractivity contribution < 1.29 is 14.6 Å². The standard InChI is InChI=1S/C14H19NO3/c1-10(2)12-5-3-4-6-13(12)18-9-14(17)15-7-11(16)8-15/h3-6,10-11,16H,7-9H2,1-2H3. The van der Waals surface area contributed by atoms with Crippen LogP contribution in [0.5, 0.6) is 5.75 Å². The molecule has 0 atom stereocenters. The van der Waals surface area contributed by atoms with Crippen molar-refractivity contribution in [2.45, 2.75) is 25.9 Å². The van der Waals surface area contributed by atoms with Crippen LogP contribution in [0.3, 0.4) is 0 Å². The highest BCUT2D eigenvalue weighted by Crippen LogP contribution is 2.25. The van der Waals surface area contributed by atoms with Crippen molar-refractivity contribution >= 4 is 5.91 Å². The number of hydrogen-bond donors (Lipinski definition) is 1. The van der Waals surface area contributed by atoms with E-state index in [1.165, 1.54) is 0 Å². The van der Waals surface area contributed by atoms with Gasteiger partial charge in [0.25, 0.3) is 5.91 Å². The fourth-order valence-corrected chi connectivity index (χ4v) is 1.98. The van der Waals surface area contributed by atoms with E-state index in [4.69, 9.17) is 9.84 Å². The van der Waals surface area contributed by atoms with E-state index in [1.54, 1.807) is 4.90 Å². The second-order valence-corrected chi connectivity index (χ2v) is 4.93. The minimum atomic E-state index is -0.364. The summed E-state index contributed by atoms with van der Waals surface area (Å²) in [5, 5.41) is 9.13. The molecule has 1 amide bonds. The largest absolute Gasteiger partial charge is 0.483 e. The third kappa shape index (κ3) is 2.82. The summed E-state index contributed by atoms with van der Waals surface area (Å²) in [5.74, 6) is 1.06. The molecule has 98 valence electrons. The smallest absolute Gasteiger partial charge is 0.260 e. The molecule has 1 aliphatic heterocycles. The van der Waals surface area contributed by atoms with Gasteiger partial charge in [-0.1, -0.05) is 32.0 Å². The number of para-hydroxylation sites is 1. The zero-order valence-electron chi connectivity index (χ0n) is 10.8. The van der Waals surface area contributed by atoms with Crippen molar-refractivity contribution in [1.29, 1.82) is 0 Å². The monoisotopic (exact) mass is 249 g/mol. The number of carbonyl (C=O) groups excluding carboxylic acids is 1. The molecule has 1 saturated heterocycles. The van der Waals surface area contributed by atoms with Crippen molar-refractivity contribution in [2.24, 2.45) is 0 Å². The average molecular weight is 249 g/mol. The maximum absolute atomic E-state index is 11.7. The number of aliphatic hydroxyl groups is 1. The van der Waals surface area contributed by atoms with E-state index in [1.807, 2.05) is 24.3 Å². The number of likely N-dealkylation sites (tertiary alicyclic amines) is 1. The SMILES string of the molecule is CC(C)c1ccccc1OCC(=O)N1CC(O)C1. The first-order valence-corrected chi connectivity index (χ1v) is 6.25. The third-order valence-corrected chi connectivity index (χ3v) is 3.11. The number of β-amino-alcohol motifs (C(OH)–C–C–N with tert-alkyl or cyclic N) is 1. The Balaban J connectivity index is 1.92. The fraction of sp³-hybridized carbons (Fsp3) is 0.500. The van der Waals surface area contributed by atoms with Crippen molar-refractivity contribution in [3.63, 3.8) is 0 Å². The van der Waals surface area contributed by atoms with Crippen molar-refractivity contribution in [2.75, 3.05) is 19.7 Å². The van der Waals surface area contributed by atoms with E-state index >= 15 is 0 Å². The highest BCUT2D eigenvalue weighted by molar-refractivity contribution is 5.78. The molecule has 1 aliphatic rings. The second kappa shape index (κ2) is 5.40. The Morgan fingerprint density at radius 1 is 1.44 bits per heavy atom. The Hall–Kier alpha value is -1.55. The summed E-state index contributed by atoms with van der Waals surface area (Å²) >= 11 is 0. The normalized spacial score (nSPS) is 15.7. The van der Waals surface area contributed by atoms with Crippen LogP contribution in [0.4, 0.5) is 0 Å². The third-order valence-electron chi connectivity index (χ3n) is 3.11. The molecule has 18 heavy (non-hydrogen) atoms. The first-order valence-electron chi connectivity index (χ1n) is 6.25. The van der Waals surface area contributed by atoms with Gasteiger partial charge < -0.3 is 14.7 Å². The summed E-state index contributed by atoms with van der Waals surface area (Å²) in [6, 6.07) is 7.76. The van der Waals surface area contributed by atoms with Gasteiger partial charge in [-0.3, -0.25) is 4.79 Å². The van der Waals surface area contributed by atoms with Crippen LogP contribution in [0.15, 0.2) is 24.3 Å². The predicted molar refractivity (Wildman–Crippen MR) is 68.6 cm³/mol. The highest BCUT2D eigenvalue weighted by Gasteiger charge is 2.28. The highest BCUT2D eigenvalue weighted by atomic mass is 16.5. The topological polar surface area (TPSA) is 49.8 Å². The Morgan fingerprint density at radius 2 is 2.11 bits per heavy atom. The number of hydrogen-bond acceptors (Lipinski definition) is 3. The molecule has 1 aromatic rings. The van der Waals surface area contributed by atoms with E-state index in [-0.39, 0.29) is 18.6 Å². The Kier molecular flexibility index (Phi) is 3.87. The van der Waals surface area contributed by atoms with E-state index in [2.05, 4.69) is 13.8 Å². The Morgan fingerprint density at radius 3 is 2.72 bits per heavy atom. The lowest BCUT2D eigenvalue weighted by Gasteiger charge is -2.35. The van der Waals surface area contributed by atoms with Crippen LogP contribution < -0.4 is 4.74 Å². The molecule has 0 spiro atoms. The van der Waals surface area contributed by atoms with Crippen LogP contribution in [0, 0.1) is 0 Å². The van der Waals surface area contributed by atoms with Gasteiger partial charge in [-0.25, -0.2) is 0 Å². The molecule has 0 bridgehead atoms. The summed E-state index contributed by atoms with van der Waals surface area (Å²) in [5.41, 5.74) is 1.11. The number of benzene rings is 1.